The summed E-state index contributed by atoms with van der Waals surface area (Å²) in [6.07, 6.45) is 1.34. The number of nitrogens with one attached hydrogen (secondary N) is 2. The van der Waals surface area contributed by atoms with Crippen LogP contribution in [0.3, 0.4) is 0 Å². The van der Waals surface area contributed by atoms with Gasteiger partial charge in [0.25, 0.3) is 0 Å². The number of carbonyl (C=O) groups excluding carboxylic acids is 3. The third-order valence-electron chi connectivity index (χ3n) is 3.82. The molecule has 0 heterocycles. The molecule has 3 aromatic rings. The van der Waals surface area contributed by atoms with Crippen molar-refractivity contribution in [3.8, 4) is 5.75 Å². The number of benzene rings is 3. The molecule has 2 N–H and O–H groups in total. The first-order chi connectivity index (χ1) is 14.9. The van der Waals surface area contributed by atoms with E-state index in [1.165, 1.54) is 18.3 Å². The van der Waals surface area contributed by atoms with Crippen LogP contribution in [0, 0.1) is 0 Å². The molecule has 0 unspecified atom stereocenters. The molecule has 7 nitrogen and oxygen atoms in total. The van der Waals surface area contributed by atoms with E-state index in [0.717, 1.165) is 0 Å². The van der Waals surface area contributed by atoms with Crippen molar-refractivity contribution in [2.75, 3.05) is 5.32 Å². The van der Waals surface area contributed by atoms with Crippen LogP contribution in [-0.4, -0.2) is 24.0 Å². The summed E-state index contributed by atoms with van der Waals surface area (Å²) in [5.74, 6) is -2.04. The summed E-state index contributed by atoms with van der Waals surface area (Å²) >= 11 is 11.7. The van der Waals surface area contributed by atoms with E-state index in [1.807, 2.05) is 0 Å². The van der Waals surface area contributed by atoms with Crippen LogP contribution in [-0.2, 0) is 9.59 Å². The van der Waals surface area contributed by atoms with E-state index in [1.54, 1.807) is 60.7 Å². The maximum absolute atomic E-state index is 12.1. The van der Waals surface area contributed by atoms with Gasteiger partial charge in [0.1, 0.15) is 5.75 Å². The van der Waals surface area contributed by atoms with E-state index >= 15 is 0 Å². The van der Waals surface area contributed by atoms with Crippen LogP contribution < -0.4 is 15.5 Å². The van der Waals surface area contributed by atoms with Gasteiger partial charge >= 0.3 is 17.8 Å². The van der Waals surface area contributed by atoms with Crippen molar-refractivity contribution in [3.05, 3.63) is 94.0 Å². The zero-order valence-corrected chi connectivity index (χ0v) is 17.4. The second kappa shape index (κ2) is 10.4. The molecule has 3 rings (SSSR count). The van der Waals surface area contributed by atoms with E-state index < -0.39 is 17.8 Å². The van der Waals surface area contributed by atoms with Crippen LogP contribution in [0.15, 0.2) is 77.9 Å². The fraction of sp³-hybridized carbons (Fsp3) is 0. The van der Waals surface area contributed by atoms with Crippen LogP contribution in [0.4, 0.5) is 5.69 Å². The number of hydrogen-bond acceptors (Lipinski definition) is 5. The highest BCUT2D eigenvalue weighted by atomic mass is 35.5. The van der Waals surface area contributed by atoms with Crippen molar-refractivity contribution < 1.29 is 19.1 Å². The van der Waals surface area contributed by atoms with Crippen molar-refractivity contribution in [2.45, 2.75) is 0 Å². The predicted octanol–water partition coefficient (Wildman–Crippen LogP) is 4.30. The minimum Gasteiger partial charge on any atom is -0.423 e. The quantitative estimate of drug-likeness (QED) is 0.197. The van der Waals surface area contributed by atoms with E-state index in [9.17, 15) is 14.4 Å². The standard InChI is InChI=1S/C22H15Cl2N3O4/c23-16-4-1-3-15(11-16)22(30)31-19-9-7-14(8-10-19)13-25-27-21(29)20(28)26-18-6-2-5-17(24)12-18/h1-13H,(H,26,28)(H,27,29). The Kier molecular flexibility index (Phi) is 7.37. The lowest BCUT2D eigenvalue weighted by Gasteiger charge is -2.05. The number of anilines is 1. The van der Waals surface area contributed by atoms with Crippen molar-refractivity contribution >= 4 is 52.9 Å². The molecule has 0 aliphatic carbocycles. The summed E-state index contributed by atoms with van der Waals surface area (Å²) in [5, 5.41) is 7.01. The topological polar surface area (TPSA) is 96.9 Å². The Labute approximate surface area is 187 Å². The molecule has 0 spiro atoms. The average Bonchev–Trinajstić information content (AvgIpc) is 2.75. The molecule has 0 saturated carbocycles. The highest BCUT2D eigenvalue weighted by molar-refractivity contribution is 6.39. The molecule has 31 heavy (non-hydrogen) atoms. The Hall–Kier alpha value is -3.68. The summed E-state index contributed by atoms with van der Waals surface area (Å²) in [6, 6.07) is 19.2. The maximum atomic E-state index is 12.1. The summed E-state index contributed by atoms with van der Waals surface area (Å²) in [6.45, 7) is 0. The number of amides is 2. The zero-order valence-electron chi connectivity index (χ0n) is 15.8. The lowest BCUT2D eigenvalue weighted by atomic mass is 10.2. The van der Waals surface area contributed by atoms with Crippen LogP contribution in [0.1, 0.15) is 15.9 Å². The molecule has 3 aromatic carbocycles. The molecule has 156 valence electrons. The third kappa shape index (κ3) is 6.67. The third-order valence-corrected chi connectivity index (χ3v) is 4.29. The number of nitrogens with zero attached hydrogens (tertiary/aromatic N) is 1. The second-order valence-corrected chi connectivity index (χ2v) is 7.01. The Bertz CT molecular complexity index is 1150. The minimum absolute atomic E-state index is 0.326. The van der Waals surface area contributed by atoms with E-state index in [2.05, 4.69) is 15.8 Å². The Morgan fingerprint density at radius 1 is 0.839 bits per heavy atom. The number of rotatable bonds is 5. The fourth-order valence-electron chi connectivity index (χ4n) is 2.37. The van der Waals surface area contributed by atoms with Gasteiger partial charge in [0, 0.05) is 15.7 Å². The molecule has 0 aliphatic rings. The van der Waals surface area contributed by atoms with Gasteiger partial charge in [0.05, 0.1) is 11.8 Å². The highest BCUT2D eigenvalue weighted by Gasteiger charge is 2.13. The lowest BCUT2D eigenvalue weighted by Crippen LogP contribution is -2.32. The monoisotopic (exact) mass is 455 g/mol. The molecule has 0 aliphatic heterocycles. The van der Waals surface area contributed by atoms with Crippen molar-refractivity contribution in [1.29, 1.82) is 0 Å². The molecule has 0 aromatic heterocycles. The SMILES string of the molecule is O=C(NN=Cc1ccc(OC(=O)c2cccc(Cl)c2)cc1)C(=O)Nc1cccc(Cl)c1. The smallest absolute Gasteiger partial charge is 0.343 e. The first kappa shape index (κ1) is 22.0. The maximum Gasteiger partial charge on any atom is 0.343 e. The molecule has 9 heteroatoms. The first-order valence-electron chi connectivity index (χ1n) is 8.88. The summed E-state index contributed by atoms with van der Waals surface area (Å²) in [7, 11) is 0. The Morgan fingerprint density at radius 3 is 2.19 bits per heavy atom. The van der Waals surface area contributed by atoms with Gasteiger partial charge in [-0.15, -0.1) is 0 Å². The van der Waals surface area contributed by atoms with Crippen LogP contribution >= 0.6 is 23.2 Å². The van der Waals surface area contributed by atoms with E-state index in [0.29, 0.717) is 32.6 Å². The number of carbonyl (C=O) groups is 3. The first-order valence-corrected chi connectivity index (χ1v) is 9.64. The largest absolute Gasteiger partial charge is 0.423 e. The number of hydrazone groups is 1. The normalized spacial score (nSPS) is 10.5. The fourth-order valence-corrected chi connectivity index (χ4v) is 2.75. The number of esters is 1. The Morgan fingerprint density at radius 2 is 1.52 bits per heavy atom. The predicted molar refractivity (Wildman–Crippen MR) is 119 cm³/mol. The second-order valence-electron chi connectivity index (χ2n) is 6.13. The van der Waals surface area contributed by atoms with Crippen molar-refractivity contribution in [1.82, 2.24) is 5.43 Å². The molecular formula is C22H15Cl2N3O4. The molecule has 0 atom stereocenters. The van der Waals surface area contributed by atoms with Gasteiger partial charge < -0.3 is 10.1 Å². The summed E-state index contributed by atoms with van der Waals surface area (Å²) in [5.41, 5.74) is 3.46. The molecule has 0 bridgehead atoms. The summed E-state index contributed by atoms with van der Waals surface area (Å²) in [4.78, 5) is 35.8. The molecule has 2 amide bonds. The van der Waals surface area contributed by atoms with E-state index in [-0.39, 0.29) is 0 Å². The lowest BCUT2D eigenvalue weighted by molar-refractivity contribution is -0.136. The van der Waals surface area contributed by atoms with Gasteiger partial charge in [0.15, 0.2) is 0 Å². The number of halogens is 2. The average molecular weight is 456 g/mol. The van der Waals surface area contributed by atoms with Crippen molar-refractivity contribution in [3.63, 3.8) is 0 Å². The van der Waals surface area contributed by atoms with Gasteiger partial charge in [-0.2, -0.15) is 5.10 Å². The van der Waals surface area contributed by atoms with Gasteiger partial charge in [-0.25, -0.2) is 10.2 Å². The summed E-state index contributed by atoms with van der Waals surface area (Å²) < 4.78 is 5.28. The van der Waals surface area contributed by atoms with Crippen LogP contribution in [0.5, 0.6) is 5.75 Å². The van der Waals surface area contributed by atoms with Gasteiger partial charge in [0.2, 0.25) is 0 Å². The highest BCUT2D eigenvalue weighted by Crippen LogP contribution is 2.16. The van der Waals surface area contributed by atoms with Gasteiger partial charge in [-0.3, -0.25) is 9.59 Å². The minimum atomic E-state index is -0.941. The molecule has 0 radical (unpaired) electrons. The van der Waals surface area contributed by atoms with Crippen LogP contribution in [0.2, 0.25) is 10.0 Å². The molecular weight excluding hydrogens is 441 g/mol. The number of hydrogen-bond donors (Lipinski definition) is 2. The molecule has 0 fully saturated rings. The molecule has 0 saturated heterocycles. The zero-order chi connectivity index (χ0) is 22.2. The number of ether oxygens (including phenoxy) is 1. The van der Waals surface area contributed by atoms with Gasteiger partial charge in [-0.1, -0.05) is 35.3 Å². The van der Waals surface area contributed by atoms with Crippen molar-refractivity contribution in [2.24, 2.45) is 5.10 Å². The van der Waals surface area contributed by atoms with Gasteiger partial charge in [-0.05, 0) is 66.2 Å². The van der Waals surface area contributed by atoms with Crippen LogP contribution in [0.25, 0.3) is 0 Å². The van der Waals surface area contributed by atoms with E-state index in [4.69, 9.17) is 27.9 Å². The Balaban J connectivity index is 1.51.